The summed E-state index contributed by atoms with van der Waals surface area (Å²) in [4.78, 5) is 14.3. The van der Waals surface area contributed by atoms with Crippen molar-refractivity contribution in [2.24, 2.45) is 23.7 Å². The van der Waals surface area contributed by atoms with Gasteiger partial charge in [0.1, 0.15) is 23.4 Å². The molecule has 0 atom stereocenters. The van der Waals surface area contributed by atoms with Gasteiger partial charge in [-0.05, 0) is 87.2 Å². The van der Waals surface area contributed by atoms with Gasteiger partial charge in [0.15, 0.2) is 11.5 Å². The molecule has 4 heteroatoms. The SMILES string of the molecule is Cc1cc([S+]2CCCC2)c2ccccc2c1OCC(=O)OC1C2CC3CC(C2)CC1C3. The lowest BCUT2D eigenvalue weighted by atomic mass is 9.55. The van der Waals surface area contributed by atoms with Crippen LogP contribution in [0.2, 0.25) is 0 Å². The highest BCUT2D eigenvalue weighted by Gasteiger charge is 2.49. The largest absolute Gasteiger partial charge is 0.481 e. The summed E-state index contributed by atoms with van der Waals surface area (Å²) in [6.45, 7) is 2.13. The molecule has 0 amide bonds. The zero-order valence-electron chi connectivity index (χ0n) is 18.5. The van der Waals surface area contributed by atoms with Gasteiger partial charge in [0.2, 0.25) is 0 Å². The Morgan fingerprint density at radius 2 is 1.61 bits per heavy atom. The molecular formula is C27H33O3S+. The van der Waals surface area contributed by atoms with Crippen molar-refractivity contribution in [3.63, 3.8) is 0 Å². The van der Waals surface area contributed by atoms with E-state index in [2.05, 4.69) is 37.3 Å². The van der Waals surface area contributed by atoms with Crippen LogP contribution in [0.5, 0.6) is 5.75 Å². The van der Waals surface area contributed by atoms with E-state index in [0.717, 1.165) is 28.5 Å². The van der Waals surface area contributed by atoms with Gasteiger partial charge in [-0.3, -0.25) is 0 Å². The average Bonchev–Trinajstić information content (AvgIpc) is 3.29. The van der Waals surface area contributed by atoms with Crippen LogP contribution in [0.25, 0.3) is 10.8 Å². The van der Waals surface area contributed by atoms with Crippen LogP contribution in [0.4, 0.5) is 0 Å². The fourth-order valence-electron chi connectivity index (χ4n) is 7.14. The van der Waals surface area contributed by atoms with Crippen LogP contribution in [-0.2, 0) is 20.4 Å². The Hall–Kier alpha value is -1.68. The fourth-order valence-corrected chi connectivity index (χ4v) is 9.72. The molecule has 1 saturated heterocycles. The molecule has 1 aliphatic heterocycles. The van der Waals surface area contributed by atoms with Gasteiger partial charge in [-0.15, -0.1) is 0 Å². The van der Waals surface area contributed by atoms with Gasteiger partial charge in [0, 0.05) is 27.7 Å². The van der Waals surface area contributed by atoms with Crippen molar-refractivity contribution in [3.05, 3.63) is 35.9 Å². The predicted octanol–water partition coefficient (Wildman–Crippen LogP) is 5.67. The Kier molecular flexibility index (Phi) is 5.17. The lowest BCUT2D eigenvalue weighted by Gasteiger charge is -2.53. The van der Waals surface area contributed by atoms with Crippen molar-refractivity contribution >= 4 is 27.6 Å². The normalized spacial score (nSPS) is 32.0. The fraction of sp³-hybridized carbons (Fsp3) is 0.593. The van der Waals surface area contributed by atoms with Crippen LogP contribution in [-0.4, -0.2) is 30.2 Å². The molecule has 2 aromatic carbocycles. The number of rotatable bonds is 5. The Balaban J connectivity index is 1.18. The van der Waals surface area contributed by atoms with Crippen LogP contribution in [0.1, 0.15) is 50.5 Å². The number of benzene rings is 2. The first kappa shape index (κ1) is 20.0. The summed E-state index contributed by atoms with van der Waals surface area (Å²) in [6, 6.07) is 10.9. The van der Waals surface area contributed by atoms with Crippen molar-refractivity contribution in [1.29, 1.82) is 0 Å². The van der Waals surface area contributed by atoms with Crippen LogP contribution >= 0.6 is 0 Å². The van der Waals surface area contributed by atoms with Crippen LogP contribution in [0.3, 0.4) is 0 Å². The average molecular weight is 438 g/mol. The lowest BCUT2D eigenvalue weighted by molar-refractivity contribution is -0.172. The third-order valence-electron chi connectivity index (χ3n) is 8.23. The molecule has 5 fully saturated rings. The summed E-state index contributed by atoms with van der Waals surface area (Å²) in [5.74, 6) is 6.24. The van der Waals surface area contributed by atoms with E-state index < -0.39 is 0 Å². The number of hydrogen-bond acceptors (Lipinski definition) is 3. The first-order valence-corrected chi connectivity index (χ1v) is 13.7. The molecule has 0 spiro atoms. The number of esters is 1. The number of aryl methyl sites for hydroxylation is 1. The van der Waals surface area contributed by atoms with Gasteiger partial charge in [-0.1, -0.05) is 18.2 Å². The summed E-state index contributed by atoms with van der Waals surface area (Å²) < 4.78 is 12.2. The van der Waals surface area contributed by atoms with Crippen LogP contribution in [0, 0.1) is 30.6 Å². The summed E-state index contributed by atoms with van der Waals surface area (Å²) in [6.07, 6.45) is 9.28. The Morgan fingerprint density at radius 1 is 0.968 bits per heavy atom. The minimum absolute atomic E-state index is 0.0126. The van der Waals surface area contributed by atoms with Crippen molar-refractivity contribution in [2.45, 2.75) is 62.9 Å². The first-order valence-electron chi connectivity index (χ1n) is 12.2. The third-order valence-corrected chi connectivity index (χ3v) is 10.8. The van der Waals surface area contributed by atoms with Crippen molar-refractivity contribution < 1.29 is 14.3 Å². The van der Waals surface area contributed by atoms with Gasteiger partial charge in [-0.25, -0.2) is 4.79 Å². The second-order valence-electron chi connectivity index (χ2n) is 10.3. The minimum atomic E-state index is -0.192. The zero-order chi connectivity index (χ0) is 20.9. The van der Waals surface area contributed by atoms with E-state index in [1.165, 1.54) is 66.7 Å². The number of fused-ring (bicyclic) bond motifs is 1. The van der Waals surface area contributed by atoms with Crippen molar-refractivity contribution in [2.75, 3.05) is 18.1 Å². The molecule has 2 aromatic rings. The smallest absolute Gasteiger partial charge is 0.344 e. The molecule has 164 valence electrons. The highest BCUT2D eigenvalue weighted by Crippen LogP contribution is 2.54. The van der Waals surface area contributed by atoms with Gasteiger partial charge >= 0.3 is 5.97 Å². The monoisotopic (exact) mass is 437 g/mol. The van der Waals surface area contributed by atoms with Crippen molar-refractivity contribution in [3.8, 4) is 5.75 Å². The van der Waals surface area contributed by atoms with E-state index in [1.54, 1.807) is 0 Å². The molecule has 4 bridgehead atoms. The molecule has 3 nitrogen and oxygen atoms in total. The molecule has 0 radical (unpaired) electrons. The molecule has 5 aliphatic rings. The van der Waals surface area contributed by atoms with E-state index in [9.17, 15) is 4.79 Å². The quantitative estimate of drug-likeness (QED) is 0.447. The summed E-state index contributed by atoms with van der Waals surface area (Å²) in [5, 5.41) is 2.43. The van der Waals surface area contributed by atoms with Gasteiger partial charge in [-0.2, -0.15) is 0 Å². The Morgan fingerprint density at radius 3 is 2.29 bits per heavy atom. The number of carbonyl (C=O) groups excluding carboxylic acids is 1. The van der Waals surface area contributed by atoms with Crippen molar-refractivity contribution in [1.82, 2.24) is 0 Å². The maximum atomic E-state index is 12.8. The number of hydrogen-bond donors (Lipinski definition) is 0. The molecule has 0 unspecified atom stereocenters. The summed E-state index contributed by atoms with van der Waals surface area (Å²) >= 11 is 0. The topological polar surface area (TPSA) is 35.5 Å². The van der Waals surface area contributed by atoms with E-state index >= 15 is 0 Å². The summed E-state index contributed by atoms with van der Waals surface area (Å²) in [7, 11) is 0.349. The predicted molar refractivity (Wildman–Crippen MR) is 126 cm³/mol. The molecule has 31 heavy (non-hydrogen) atoms. The van der Waals surface area contributed by atoms with Crippen LogP contribution in [0.15, 0.2) is 35.2 Å². The molecule has 4 saturated carbocycles. The third kappa shape index (κ3) is 3.65. The van der Waals surface area contributed by atoms with Crippen LogP contribution < -0.4 is 4.74 Å². The van der Waals surface area contributed by atoms with E-state index in [-0.39, 0.29) is 18.7 Å². The highest BCUT2D eigenvalue weighted by molar-refractivity contribution is 7.97. The second kappa shape index (κ2) is 8.03. The summed E-state index contributed by atoms with van der Waals surface area (Å²) in [5.41, 5.74) is 1.13. The number of carbonyl (C=O) groups is 1. The maximum absolute atomic E-state index is 12.8. The van der Waals surface area contributed by atoms with E-state index in [1.807, 2.05) is 0 Å². The lowest BCUT2D eigenvalue weighted by Crippen LogP contribution is -2.50. The minimum Gasteiger partial charge on any atom is -0.481 e. The van der Waals surface area contributed by atoms with E-state index in [4.69, 9.17) is 9.47 Å². The highest BCUT2D eigenvalue weighted by atomic mass is 32.2. The molecule has 0 N–H and O–H groups in total. The second-order valence-corrected chi connectivity index (χ2v) is 12.6. The van der Waals surface area contributed by atoms with Gasteiger partial charge in [0.25, 0.3) is 0 Å². The first-order chi connectivity index (χ1) is 15.2. The zero-order valence-corrected chi connectivity index (χ0v) is 19.3. The number of ether oxygens (including phenoxy) is 2. The van der Waals surface area contributed by atoms with Gasteiger partial charge in [0.05, 0.1) is 0 Å². The molecule has 7 rings (SSSR count). The van der Waals surface area contributed by atoms with Gasteiger partial charge < -0.3 is 9.47 Å². The standard InChI is InChI=1S/C27H33O3S/c1-17-10-24(31-8-4-5-9-31)22-6-2-3-7-23(22)26(17)29-16-25(28)30-27-20-12-18-11-19(14-20)15-21(27)13-18/h2-3,6-7,10,18-21,27H,4-5,8-9,11-16H2,1H3/q+1. The Bertz CT molecular complexity index is 965. The molecular weight excluding hydrogens is 404 g/mol. The molecule has 4 aliphatic carbocycles. The van der Waals surface area contributed by atoms with E-state index in [0.29, 0.717) is 22.7 Å². The molecule has 0 aromatic heterocycles. The maximum Gasteiger partial charge on any atom is 0.344 e. The Labute approximate surface area is 188 Å². The molecule has 1 heterocycles.